The van der Waals surface area contributed by atoms with Gasteiger partial charge in [-0.2, -0.15) is 18.2 Å². The van der Waals surface area contributed by atoms with Crippen molar-refractivity contribution in [3.8, 4) is 11.4 Å². The number of hydrogen-bond acceptors (Lipinski definition) is 0. The molecule has 0 spiro atoms. The van der Waals surface area contributed by atoms with Crippen molar-refractivity contribution in [1.29, 1.82) is 0 Å². The minimum absolute atomic E-state index is 0. The average molecular weight is 469 g/mol. The van der Waals surface area contributed by atoms with Gasteiger partial charge in [0.15, 0.2) is 0 Å². The molecule has 0 saturated carbocycles. The monoisotopic (exact) mass is 469 g/mol. The second-order valence-electron chi connectivity index (χ2n) is 6.15. The maximum absolute atomic E-state index is 13.1. The Labute approximate surface area is 198 Å². The van der Waals surface area contributed by atoms with Crippen molar-refractivity contribution >= 4 is 0 Å². The van der Waals surface area contributed by atoms with Crippen LogP contribution in [0.5, 0.6) is 0 Å². The van der Waals surface area contributed by atoms with Crippen LogP contribution >= 0.6 is 0 Å². The fraction of sp³-hybridized carbons (Fsp3) is 0. The van der Waals surface area contributed by atoms with Gasteiger partial charge in [-0.05, 0) is 60.4 Å². The summed E-state index contributed by atoms with van der Waals surface area (Å²) in [4.78, 5) is 0. The van der Waals surface area contributed by atoms with Gasteiger partial charge in [-0.1, -0.05) is 0 Å². The zero-order valence-electron chi connectivity index (χ0n) is 16.7. The van der Waals surface area contributed by atoms with Gasteiger partial charge in [-0.3, -0.25) is 0 Å². The van der Waals surface area contributed by atoms with Crippen LogP contribution in [0.2, 0.25) is 0 Å². The first-order valence-electron chi connectivity index (χ1n) is 9.22. The zero-order valence-corrected chi connectivity index (χ0v) is 18.3. The Balaban J connectivity index is 0.000000182. The molecule has 2 nitrogen and oxygen atoms in total. The van der Waals surface area contributed by atoms with Crippen LogP contribution < -0.4 is 0 Å². The standard InChI is InChI=1S/2C10H6F2N.C5H5.Ti/c2*11-8-3-4-10(9(12)7-8)13-5-1-2-6-13;1-2-4-5-3-1;/h2*1-6H;1-5H;/q3*-1;+3. The maximum Gasteiger partial charge on any atom is 3.00 e. The molecule has 0 bridgehead atoms. The van der Waals surface area contributed by atoms with Crippen LogP contribution in [0, 0.1) is 35.4 Å². The van der Waals surface area contributed by atoms with Crippen molar-refractivity contribution < 1.29 is 39.3 Å². The van der Waals surface area contributed by atoms with Gasteiger partial charge in [0, 0.05) is 23.3 Å². The van der Waals surface area contributed by atoms with Gasteiger partial charge in [-0.15, -0.1) is 36.4 Å². The number of nitrogens with zero attached hydrogens (tertiary/aromatic N) is 2. The smallest absolute Gasteiger partial charge is 0.375 e. The molecule has 159 valence electrons. The third-order valence-corrected chi connectivity index (χ3v) is 4.00. The quantitative estimate of drug-likeness (QED) is 0.158. The third kappa shape index (κ3) is 7.18. The SMILES string of the molecule is Fc1[c-]c(F)c(-n2cccc2)cc1.Fc1[c-]c(F)c(-n2cccc2)cc1.[Ti+3].c1cc[cH-]c1. The van der Waals surface area contributed by atoms with Gasteiger partial charge in [0.1, 0.15) is 0 Å². The van der Waals surface area contributed by atoms with Crippen molar-refractivity contribution in [2.24, 2.45) is 0 Å². The molecule has 2 aromatic heterocycles. The van der Waals surface area contributed by atoms with Crippen molar-refractivity contribution in [2.75, 3.05) is 0 Å². The molecule has 0 atom stereocenters. The molecular weight excluding hydrogens is 452 g/mol. The minimum Gasteiger partial charge on any atom is -0.375 e. The molecule has 3 aromatic carbocycles. The summed E-state index contributed by atoms with van der Waals surface area (Å²) in [7, 11) is 0. The van der Waals surface area contributed by atoms with E-state index in [2.05, 4.69) is 0 Å². The Morgan fingerprint density at radius 3 is 1.22 bits per heavy atom. The topological polar surface area (TPSA) is 9.86 Å². The van der Waals surface area contributed by atoms with Gasteiger partial charge in [-0.25, -0.2) is 29.7 Å². The molecule has 1 radical (unpaired) electrons. The number of halogens is 4. The van der Waals surface area contributed by atoms with E-state index in [9.17, 15) is 17.6 Å². The van der Waals surface area contributed by atoms with Crippen LogP contribution in [0.25, 0.3) is 11.4 Å². The van der Waals surface area contributed by atoms with Crippen LogP contribution in [0.4, 0.5) is 17.6 Å². The Morgan fingerprint density at radius 1 is 0.562 bits per heavy atom. The largest absolute Gasteiger partial charge is 3.00 e. The fourth-order valence-corrected chi connectivity index (χ4v) is 2.58. The van der Waals surface area contributed by atoms with Crippen LogP contribution in [-0.4, -0.2) is 9.13 Å². The van der Waals surface area contributed by atoms with E-state index >= 15 is 0 Å². The van der Waals surface area contributed by atoms with Gasteiger partial charge < -0.3 is 9.13 Å². The first kappa shape index (κ1) is 25.0. The predicted molar refractivity (Wildman–Crippen MR) is 111 cm³/mol. The summed E-state index contributed by atoms with van der Waals surface area (Å²) in [5.41, 5.74) is 0.595. The van der Waals surface area contributed by atoms with E-state index in [1.807, 2.05) is 42.5 Å². The molecule has 5 aromatic rings. The van der Waals surface area contributed by atoms with E-state index in [1.165, 1.54) is 24.3 Å². The molecule has 0 aliphatic heterocycles. The minimum atomic E-state index is -0.687. The van der Waals surface area contributed by atoms with Gasteiger partial charge >= 0.3 is 21.7 Å². The summed E-state index contributed by atoms with van der Waals surface area (Å²) < 4.78 is 54.3. The fourth-order valence-electron chi connectivity index (χ4n) is 2.58. The maximum atomic E-state index is 13.1. The summed E-state index contributed by atoms with van der Waals surface area (Å²) in [6.07, 6.45) is 6.74. The number of rotatable bonds is 2. The van der Waals surface area contributed by atoms with E-state index in [0.717, 1.165) is 0 Å². The van der Waals surface area contributed by atoms with Crippen LogP contribution in [-0.2, 0) is 21.7 Å². The molecule has 7 heteroatoms. The van der Waals surface area contributed by atoms with E-state index in [4.69, 9.17) is 0 Å². The summed E-state index contributed by atoms with van der Waals surface area (Å²) in [6.45, 7) is 0. The third-order valence-electron chi connectivity index (χ3n) is 4.00. The molecule has 0 unspecified atom stereocenters. The van der Waals surface area contributed by atoms with Crippen molar-refractivity contribution in [3.05, 3.63) is 139 Å². The van der Waals surface area contributed by atoms with Crippen LogP contribution in [0.1, 0.15) is 0 Å². The molecule has 5 rings (SSSR count). The normalized spacial score (nSPS) is 9.62. The first-order valence-corrected chi connectivity index (χ1v) is 9.22. The second-order valence-corrected chi connectivity index (χ2v) is 6.15. The molecule has 0 fully saturated rings. The van der Waals surface area contributed by atoms with E-state index in [0.29, 0.717) is 11.4 Å². The van der Waals surface area contributed by atoms with Crippen molar-refractivity contribution in [3.63, 3.8) is 0 Å². The number of aromatic nitrogens is 2. The van der Waals surface area contributed by atoms with E-state index in [-0.39, 0.29) is 21.7 Å². The van der Waals surface area contributed by atoms with Crippen LogP contribution in [0.3, 0.4) is 0 Å². The van der Waals surface area contributed by atoms with Crippen molar-refractivity contribution in [1.82, 2.24) is 9.13 Å². The summed E-state index contributed by atoms with van der Waals surface area (Å²) in [5.74, 6) is -2.74. The molecule has 0 aliphatic rings. The Morgan fingerprint density at radius 2 is 0.938 bits per heavy atom. The molecule has 0 amide bonds. The predicted octanol–water partition coefficient (Wildman–Crippen LogP) is 6.51. The molecule has 2 heterocycles. The van der Waals surface area contributed by atoms with E-state index in [1.54, 1.807) is 58.2 Å². The molecular formula is C25H17F4N2Ti. The Hall–Kier alpha value is -3.22. The number of benzene rings is 2. The van der Waals surface area contributed by atoms with Gasteiger partial charge in [0.05, 0.1) is 0 Å². The van der Waals surface area contributed by atoms with Gasteiger partial charge in [0.25, 0.3) is 0 Å². The number of hydrogen-bond donors (Lipinski definition) is 0. The van der Waals surface area contributed by atoms with Crippen molar-refractivity contribution in [2.45, 2.75) is 0 Å². The molecule has 0 N–H and O–H groups in total. The summed E-state index contributed by atoms with van der Waals surface area (Å²) >= 11 is 0. The Bertz CT molecular complexity index is 1070. The summed E-state index contributed by atoms with van der Waals surface area (Å²) in [5, 5.41) is 0. The van der Waals surface area contributed by atoms with E-state index < -0.39 is 23.3 Å². The zero-order chi connectivity index (χ0) is 22.1. The second kappa shape index (κ2) is 12.6. The molecule has 0 saturated heterocycles. The van der Waals surface area contributed by atoms with Crippen LogP contribution in [0.15, 0.2) is 104 Å². The van der Waals surface area contributed by atoms with Gasteiger partial charge in [0.2, 0.25) is 0 Å². The first-order chi connectivity index (χ1) is 15.0. The Kier molecular flexibility index (Phi) is 9.86. The summed E-state index contributed by atoms with van der Waals surface area (Å²) in [6, 6.07) is 26.1. The molecule has 0 aliphatic carbocycles. The molecule has 32 heavy (non-hydrogen) atoms. The average Bonchev–Trinajstić information content (AvgIpc) is 3.52.